The van der Waals surface area contributed by atoms with E-state index in [0.29, 0.717) is 11.6 Å². The van der Waals surface area contributed by atoms with Crippen LogP contribution >= 0.6 is 0 Å². The highest BCUT2D eigenvalue weighted by molar-refractivity contribution is 5.63. The van der Waals surface area contributed by atoms with Crippen molar-refractivity contribution in [1.82, 2.24) is 4.98 Å². The van der Waals surface area contributed by atoms with Crippen molar-refractivity contribution in [2.45, 2.75) is 26.9 Å². The number of nitrogens with two attached hydrogens (primary N) is 1. The first kappa shape index (κ1) is 14.2. The SMILES string of the molecule is Cc1ccc(N(C)c2ccc(N)c(OC(C)C)n2)cc1. The molecular formula is C16H21N3O. The monoisotopic (exact) mass is 271 g/mol. The average molecular weight is 271 g/mol. The summed E-state index contributed by atoms with van der Waals surface area (Å²) in [4.78, 5) is 6.50. The van der Waals surface area contributed by atoms with Gasteiger partial charge in [-0.1, -0.05) is 17.7 Å². The van der Waals surface area contributed by atoms with Gasteiger partial charge in [0.15, 0.2) is 0 Å². The molecule has 4 heteroatoms. The molecule has 20 heavy (non-hydrogen) atoms. The van der Waals surface area contributed by atoms with E-state index in [0.717, 1.165) is 11.5 Å². The van der Waals surface area contributed by atoms with Gasteiger partial charge in [0.1, 0.15) is 5.82 Å². The maximum Gasteiger partial charge on any atom is 0.239 e. The van der Waals surface area contributed by atoms with Gasteiger partial charge in [-0.2, -0.15) is 4.98 Å². The minimum atomic E-state index is 0.0460. The Hall–Kier alpha value is -2.23. The number of aryl methyl sites for hydroxylation is 1. The highest BCUT2D eigenvalue weighted by Gasteiger charge is 2.10. The van der Waals surface area contributed by atoms with Crippen molar-refractivity contribution >= 4 is 17.2 Å². The maximum absolute atomic E-state index is 5.89. The van der Waals surface area contributed by atoms with Gasteiger partial charge < -0.3 is 15.4 Å². The third-order valence-corrected chi connectivity index (χ3v) is 2.99. The van der Waals surface area contributed by atoms with Crippen LogP contribution in [0.15, 0.2) is 36.4 Å². The molecule has 0 fully saturated rings. The summed E-state index contributed by atoms with van der Waals surface area (Å²) in [7, 11) is 1.97. The van der Waals surface area contributed by atoms with Gasteiger partial charge in [0.2, 0.25) is 5.88 Å². The van der Waals surface area contributed by atoms with Gasteiger partial charge >= 0.3 is 0 Å². The molecule has 1 aromatic heterocycles. The van der Waals surface area contributed by atoms with E-state index in [9.17, 15) is 0 Å². The van der Waals surface area contributed by atoms with E-state index in [4.69, 9.17) is 10.5 Å². The van der Waals surface area contributed by atoms with Crippen LogP contribution in [0, 0.1) is 6.92 Å². The number of ether oxygens (including phenoxy) is 1. The maximum atomic E-state index is 5.89. The third-order valence-electron chi connectivity index (χ3n) is 2.99. The summed E-state index contributed by atoms with van der Waals surface area (Å²) in [6.07, 6.45) is 0.0460. The van der Waals surface area contributed by atoms with Crippen molar-refractivity contribution in [3.05, 3.63) is 42.0 Å². The summed E-state index contributed by atoms with van der Waals surface area (Å²) < 4.78 is 5.63. The molecule has 0 aliphatic heterocycles. The molecule has 1 heterocycles. The van der Waals surface area contributed by atoms with Crippen LogP contribution in [-0.4, -0.2) is 18.1 Å². The molecule has 0 saturated heterocycles. The summed E-state index contributed by atoms with van der Waals surface area (Å²) >= 11 is 0. The summed E-state index contributed by atoms with van der Waals surface area (Å²) in [6, 6.07) is 12.0. The van der Waals surface area contributed by atoms with Crippen LogP contribution in [0.5, 0.6) is 5.88 Å². The lowest BCUT2D eigenvalue weighted by atomic mass is 10.2. The first-order valence-corrected chi connectivity index (χ1v) is 6.71. The summed E-state index contributed by atoms with van der Waals surface area (Å²) in [5, 5.41) is 0. The Labute approximate surface area is 120 Å². The molecular weight excluding hydrogens is 250 g/mol. The van der Waals surface area contributed by atoms with Gasteiger partial charge in [-0.3, -0.25) is 0 Å². The number of rotatable bonds is 4. The van der Waals surface area contributed by atoms with E-state index in [1.165, 1.54) is 5.56 Å². The highest BCUT2D eigenvalue weighted by Crippen LogP contribution is 2.27. The second-order valence-electron chi connectivity index (χ2n) is 5.13. The number of hydrogen-bond donors (Lipinski definition) is 1. The molecule has 0 aliphatic rings. The predicted molar refractivity (Wildman–Crippen MR) is 83.7 cm³/mol. The van der Waals surface area contributed by atoms with Crippen molar-refractivity contribution in [2.75, 3.05) is 17.7 Å². The number of anilines is 3. The van der Waals surface area contributed by atoms with Crippen LogP contribution in [0.3, 0.4) is 0 Å². The Balaban J connectivity index is 2.30. The zero-order valence-electron chi connectivity index (χ0n) is 12.4. The largest absolute Gasteiger partial charge is 0.473 e. The number of pyridine rings is 1. The molecule has 1 aromatic carbocycles. The smallest absolute Gasteiger partial charge is 0.239 e. The molecule has 0 bridgehead atoms. The predicted octanol–water partition coefficient (Wildman–Crippen LogP) is 3.53. The first-order valence-electron chi connectivity index (χ1n) is 6.71. The molecule has 0 unspecified atom stereocenters. The number of hydrogen-bond acceptors (Lipinski definition) is 4. The van der Waals surface area contributed by atoms with Gasteiger partial charge in [-0.15, -0.1) is 0 Å². The molecule has 2 N–H and O–H groups in total. The quantitative estimate of drug-likeness (QED) is 0.924. The Morgan fingerprint density at radius 1 is 1.10 bits per heavy atom. The van der Waals surface area contributed by atoms with E-state index in [-0.39, 0.29) is 6.10 Å². The van der Waals surface area contributed by atoms with Crippen molar-refractivity contribution in [3.63, 3.8) is 0 Å². The highest BCUT2D eigenvalue weighted by atomic mass is 16.5. The lowest BCUT2D eigenvalue weighted by Crippen LogP contribution is -2.14. The second kappa shape index (κ2) is 5.82. The molecule has 0 amide bonds. The molecule has 4 nitrogen and oxygen atoms in total. The molecule has 0 atom stereocenters. The standard InChI is InChI=1S/C16H21N3O/c1-11(2)20-16-14(17)9-10-15(18-16)19(4)13-7-5-12(3)6-8-13/h5-11H,17H2,1-4H3. The molecule has 0 aliphatic carbocycles. The zero-order valence-corrected chi connectivity index (χ0v) is 12.4. The fourth-order valence-electron chi connectivity index (χ4n) is 1.85. The van der Waals surface area contributed by atoms with E-state index in [1.54, 1.807) is 0 Å². The Bertz CT molecular complexity index is 579. The van der Waals surface area contributed by atoms with Gasteiger partial charge in [0.25, 0.3) is 0 Å². The van der Waals surface area contributed by atoms with Gasteiger partial charge in [-0.05, 0) is 45.0 Å². The molecule has 0 saturated carbocycles. The Morgan fingerprint density at radius 3 is 2.35 bits per heavy atom. The Morgan fingerprint density at radius 2 is 1.75 bits per heavy atom. The fraction of sp³-hybridized carbons (Fsp3) is 0.312. The molecule has 0 spiro atoms. The van der Waals surface area contributed by atoms with Crippen molar-refractivity contribution in [2.24, 2.45) is 0 Å². The molecule has 0 radical (unpaired) electrons. The number of aromatic nitrogens is 1. The topological polar surface area (TPSA) is 51.4 Å². The van der Waals surface area contributed by atoms with E-state index >= 15 is 0 Å². The van der Waals surface area contributed by atoms with Gasteiger partial charge in [0, 0.05) is 12.7 Å². The number of benzene rings is 1. The lowest BCUT2D eigenvalue weighted by molar-refractivity contribution is 0.234. The zero-order chi connectivity index (χ0) is 14.7. The van der Waals surface area contributed by atoms with Gasteiger partial charge in [0.05, 0.1) is 11.8 Å². The number of nitrogens with zero attached hydrogens (tertiary/aromatic N) is 2. The van der Waals surface area contributed by atoms with E-state index in [1.807, 2.05) is 37.9 Å². The van der Waals surface area contributed by atoms with E-state index in [2.05, 4.69) is 36.2 Å². The average Bonchev–Trinajstić information content (AvgIpc) is 2.41. The van der Waals surface area contributed by atoms with Crippen molar-refractivity contribution in [3.8, 4) is 5.88 Å². The van der Waals surface area contributed by atoms with Crippen LogP contribution in [0.1, 0.15) is 19.4 Å². The number of nitrogen functional groups attached to an aromatic ring is 1. The minimum Gasteiger partial charge on any atom is -0.473 e. The van der Waals surface area contributed by atoms with E-state index < -0.39 is 0 Å². The normalized spacial score (nSPS) is 10.7. The summed E-state index contributed by atoms with van der Waals surface area (Å²) in [5.41, 5.74) is 8.75. The van der Waals surface area contributed by atoms with Crippen molar-refractivity contribution < 1.29 is 4.74 Å². The minimum absolute atomic E-state index is 0.0460. The first-order chi connectivity index (χ1) is 9.47. The molecule has 106 valence electrons. The van der Waals surface area contributed by atoms with Crippen molar-refractivity contribution in [1.29, 1.82) is 0 Å². The van der Waals surface area contributed by atoms with Crippen LogP contribution < -0.4 is 15.4 Å². The van der Waals surface area contributed by atoms with Crippen LogP contribution in [0.25, 0.3) is 0 Å². The van der Waals surface area contributed by atoms with Crippen LogP contribution in [0.4, 0.5) is 17.2 Å². The van der Waals surface area contributed by atoms with Crippen LogP contribution in [0.2, 0.25) is 0 Å². The third kappa shape index (κ3) is 3.20. The summed E-state index contributed by atoms with van der Waals surface area (Å²) in [5.74, 6) is 1.29. The molecule has 2 aromatic rings. The van der Waals surface area contributed by atoms with Gasteiger partial charge in [-0.25, -0.2) is 0 Å². The lowest BCUT2D eigenvalue weighted by Gasteiger charge is -2.20. The fourth-order valence-corrected chi connectivity index (χ4v) is 1.85. The summed E-state index contributed by atoms with van der Waals surface area (Å²) in [6.45, 7) is 5.98. The van der Waals surface area contributed by atoms with Crippen LogP contribution in [-0.2, 0) is 0 Å². The second-order valence-corrected chi connectivity index (χ2v) is 5.13. The molecule has 2 rings (SSSR count). The Kier molecular flexibility index (Phi) is 4.13.